The summed E-state index contributed by atoms with van der Waals surface area (Å²) < 4.78 is 32.3. The number of ether oxygens (including phenoxy) is 6. The summed E-state index contributed by atoms with van der Waals surface area (Å²) in [6, 6.07) is 7.19. The van der Waals surface area contributed by atoms with Gasteiger partial charge in [-0.25, -0.2) is 19.2 Å². The van der Waals surface area contributed by atoms with E-state index in [-0.39, 0.29) is 49.1 Å². The minimum Gasteiger partial charge on any atom is -0.459 e. The summed E-state index contributed by atoms with van der Waals surface area (Å²) in [7, 11) is 0. The molecule has 0 N–H and O–H groups in total. The molecule has 43 heavy (non-hydrogen) atoms. The minimum absolute atomic E-state index is 0.140. The van der Waals surface area contributed by atoms with E-state index < -0.39 is 29.7 Å². The molecule has 2 rings (SSSR count). The fourth-order valence-electron chi connectivity index (χ4n) is 3.19. The van der Waals surface area contributed by atoms with Crippen molar-refractivity contribution in [1.29, 1.82) is 0 Å². The van der Waals surface area contributed by atoms with Gasteiger partial charge in [0.05, 0.1) is 17.9 Å². The van der Waals surface area contributed by atoms with E-state index in [1.165, 1.54) is 13.8 Å². The van der Waals surface area contributed by atoms with Gasteiger partial charge in [-0.2, -0.15) is 0 Å². The van der Waals surface area contributed by atoms with Gasteiger partial charge in [-0.15, -0.1) is 0 Å². The smallest absolute Gasteiger partial charge is 0.459 e. The van der Waals surface area contributed by atoms with Crippen LogP contribution >= 0.6 is 63.7 Å². The molecule has 0 amide bonds. The minimum atomic E-state index is -0.977. The molecule has 0 atom stereocenters. The lowest BCUT2D eigenvalue weighted by Crippen LogP contribution is -2.20. The van der Waals surface area contributed by atoms with Crippen LogP contribution in [0.25, 0.3) is 0 Å². The van der Waals surface area contributed by atoms with Gasteiger partial charge in [-0.3, -0.25) is 0 Å². The molecule has 0 aliphatic heterocycles. The van der Waals surface area contributed by atoms with E-state index in [4.69, 9.17) is 28.4 Å². The van der Waals surface area contributed by atoms with Crippen molar-refractivity contribution in [3.8, 4) is 11.5 Å². The predicted molar refractivity (Wildman–Crippen MR) is 171 cm³/mol. The molecule has 0 aromatic heterocycles. The van der Waals surface area contributed by atoms with Crippen molar-refractivity contribution >= 4 is 88.0 Å². The van der Waals surface area contributed by atoms with Crippen LogP contribution in [0, 0.1) is 0 Å². The third-order valence-electron chi connectivity index (χ3n) is 5.58. The van der Waals surface area contributed by atoms with Gasteiger partial charge in [0, 0.05) is 16.6 Å². The molecule has 2 aromatic carbocycles. The lowest BCUT2D eigenvalue weighted by atomic mass is 9.78. The third kappa shape index (κ3) is 10.8. The fourth-order valence-corrected chi connectivity index (χ4v) is 5.89. The van der Waals surface area contributed by atoms with E-state index >= 15 is 0 Å². The van der Waals surface area contributed by atoms with Gasteiger partial charge in [0.1, 0.15) is 26.4 Å². The summed E-state index contributed by atoms with van der Waals surface area (Å²) in [6.45, 7) is 13.3. The number of rotatable bonds is 12. The van der Waals surface area contributed by atoms with E-state index in [1.54, 1.807) is 24.3 Å². The fraction of sp³-hybridized carbons (Fsp3) is 0.310. The highest BCUT2D eigenvalue weighted by Crippen LogP contribution is 2.44. The molecular formula is C29H28Br4O10. The van der Waals surface area contributed by atoms with Crippen LogP contribution in [0.4, 0.5) is 9.59 Å². The maximum Gasteiger partial charge on any atom is 0.514 e. The van der Waals surface area contributed by atoms with Gasteiger partial charge in [0.15, 0.2) is 11.5 Å². The summed E-state index contributed by atoms with van der Waals surface area (Å²) in [5.74, 6) is -0.773. The molecule has 14 heteroatoms. The van der Waals surface area contributed by atoms with Crippen LogP contribution in [0.1, 0.15) is 38.8 Å². The second-order valence-electron chi connectivity index (χ2n) is 9.40. The number of esters is 2. The lowest BCUT2D eigenvalue weighted by Gasteiger charge is -2.28. The monoisotopic (exact) mass is 852 g/mol. The molecule has 2 aromatic rings. The van der Waals surface area contributed by atoms with E-state index in [9.17, 15) is 19.2 Å². The second kappa shape index (κ2) is 16.4. The number of hydrogen-bond acceptors (Lipinski definition) is 10. The molecule has 232 valence electrons. The molecular weight excluding hydrogens is 828 g/mol. The van der Waals surface area contributed by atoms with E-state index in [2.05, 4.69) is 76.9 Å². The molecule has 0 fully saturated rings. The van der Waals surface area contributed by atoms with Crippen molar-refractivity contribution < 1.29 is 47.6 Å². The number of carbonyl (C=O) groups excluding carboxylic acids is 4. The van der Waals surface area contributed by atoms with Crippen LogP contribution in [0.5, 0.6) is 11.5 Å². The highest BCUT2D eigenvalue weighted by atomic mass is 79.9. The largest absolute Gasteiger partial charge is 0.514 e. The Morgan fingerprint density at radius 2 is 0.884 bits per heavy atom. The van der Waals surface area contributed by atoms with Crippen LogP contribution < -0.4 is 9.47 Å². The Morgan fingerprint density at radius 1 is 0.605 bits per heavy atom. The zero-order valence-corrected chi connectivity index (χ0v) is 30.0. The summed E-state index contributed by atoms with van der Waals surface area (Å²) in [5, 5.41) is 0. The zero-order chi connectivity index (χ0) is 32.5. The van der Waals surface area contributed by atoms with E-state index in [1.807, 2.05) is 13.8 Å². The predicted octanol–water partition coefficient (Wildman–Crippen LogP) is 8.33. The summed E-state index contributed by atoms with van der Waals surface area (Å²) in [6.07, 6.45) is -1.95. The van der Waals surface area contributed by atoms with Crippen LogP contribution in [-0.2, 0) is 34.0 Å². The maximum atomic E-state index is 12.2. The summed E-state index contributed by atoms with van der Waals surface area (Å²) in [5.41, 5.74) is 1.57. The highest BCUT2D eigenvalue weighted by Gasteiger charge is 2.28. The van der Waals surface area contributed by atoms with Crippen molar-refractivity contribution in [2.24, 2.45) is 0 Å². The number of carbonyl (C=O) groups is 4. The van der Waals surface area contributed by atoms with Crippen molar-refractivity contribution in [3.63, 3.8) is 0 Å². The zero-order valence-electron chi connectivity index (χ0n) is 23.6. The quantitative estimate of drug-likeness (QED) is 0.0677. The van der Waals surface area contributed by atoms with Crippen molar-refractivity contribution in [1.82, 2.24) is 0 Å². The van der Waals surface area contributed by atoms with Gasteiger partial charge < -0.3 is 28.4 Å². The van der Waals surface area contributed by atoms with Crippen molar-refractivity contribution in [2.45, 2.75) is 33.1 Å². The second-order valence-corrected chi connectivity index (χ2v) is 12.8. The SMILES string of the molecule is C=C(C)C(=O)OCCOC(=O)Oc1c(Br)cc(C(C)(C)c2cc(Br)c(OC(=O)OCCOC(=O)C(=C)C)c(Br)c2)cc1Br. The average Bonchev–Trinajstić information content (AvgIpc) is 2.92. The first-order valence-electron chi connectivity index (χ1n) is 12.4. The first kappa shape index (κ1) is 36.5. The Labute approximate surface area is 282 Å². The van der Waals surface area contributed by atoms with Crippen LogP contribution in [0.2, 0.25) is 0 Å². The standard InChI is InChI=1S/C29H28Br4O10/c1-15(2)25(34)38-7-9-40-27(36)42-23-19(30)11-17(12-20(23)31)29(5,6)18-13-21(32)24(22(33)14-18)43-28(37)41-10-8-39-26(35)16(3)4/h11-14H,1,3,7-10H2,2,4-6H3. The Hall–Kier alpha value is -2.68. The lowest BCUT2D eigenvalue weighted by molar-refractivity contribution is -0.140. The van der Waals surface area contributed by atoms with Crippen LogP contribution in [-0.4, -0.2) is 50.7 Å². The third-order valence-corrected chi connectivity index (χ3v) is 7.94. The molecule has 0 bridgehead atoms. The van der Waals surface area contributed by atoms with Crippen LogP contribution in [0.3, 0.4) is 0 Å². The Morgan fingerprint density at radius 3 is 1.16 bits per heavy atom. The topological polar surface area (TPSA) is 124 Å². The molecule has 0 unspecified atom stereocenters. The number of benzene rings is 2. The molecule has 0 heterocycles. The van der Waals surface area contributed by atoms with Crippen molar-refractivity contribution in [2.75, 3.05) is 26.4 Å². The first-order valence-corrected chi connectivity index (χ1v) is 15.5. The normalized spacial score (nSPS) is 10.8. The van der Waals surface area contributed by atoms with E-state index in [0.29, 0.717) is 17.9 Å². The molecule has 0 spiro atoms. The summed E-state index contributed by atoms with van der Waals surface area (Å²) >= 11 is 13.8. The average molecular weight is 856 g/mol. The van der Waals surface area contributed by atoms with Gasteiger partial charge in [0.25, 0.3) is 0 Å². The van der Waals surface area contributed by atoms with Gasteiger partial charge in [-0.1, -0.05) is 27.0 Å². The Bertz CT molecular complexity index is 1280. The Kier molecular flexibility index (Phi) is 13.9. The molecule has 10 nitrogen and oxygen atoms in total. The first-order chi connectivity index (χ1) is 20.0. The highest BCUT2D eigenvalue weighted by molar-refractivity contribution is 9.11. The van der Waals surface area contributed by atoms with Gasteiger partial charge in [0.2, 0.25) is 0 Å². The number of halogens is 4. The molecule has 0 aliphatic carbocycles. The summed E-state index contributed by atoms with van der Waals surface area (Å²) in [4.78, 5) is 47.2. The molecule has 0 saturated heterocycles. The van der Waals surface area contributed by atoms with Crippen molar-refractivity contribution in [3.05, 3.63) is 77.6 Å². The molecule has 0 aliphatic rings. The van der Waals surface area contributed by atoms with Gasteiger partial charge >= 0.3 is 24.2 Å². The number of hydrogen-bond donors (Lipinski definition) is 0. The Balaban J connectivity index is 2.10. The van der Waals surface area contributed by atoms with Gasteiger partial charge in [-0.05, 0) is 113 Å². The molecule has 0 radical (unpaired) electrons. The molecule has 0 saturated carbocycles. The maximum absolute atomic E-state index is 12.2. The van der Waals surface area contributed by atoms with Crippen LogP contribution in [0.15, 0.2) is 66.5 Å². The van der Waals surface area contributed by atoms with E-state index in [0.717, 1.165) is 11.1 Å².